The normalized spacial score (nSPS) is 11.1. The van der Waals surface area contributed by atoms with E-state index >= 15 is 0 Å². The summed E-state index contributed by atoms with van der Waals surface area (Å²) in [6.07, 6.45) is 5.08. The number of ketones is 1. The molecular weight excluding hydrogens is 288 g/mol. The Labute approximate surface area is 136 Å². The molecule has 0 unspecified atom stereocenters. The summed E-state index contributed by atoms with van der Waals surface area (Å²) in [7, 11) is 0. The van der Waals surface area contributed by atoms with Crippen molar-refractivity contribution in [2.24, 2.45) is 5.92 Å². The van der Waals surface area contributed by atoms with Crippen LogP contribution in [0, 0.1) is 17.2 Å². The standard InChI is InChI=1S/C19H18N2O2/c1-14(2)19(22)17(11-20)10-15-5-7-18(8-6-15)23-13-16-4-3-9-21-12-16/h3-10,12,14H,13H2,1-2H3/b17-10+. The average Bonchev–Trinajstić information content (AvgIpc) is 2.59. The SMILES string of the molecule is CC(C)C(=O)/C(C#N)=C/c1ccc(OCc2cccnc2)cc1. The topological polar surface area (TPSA) is 63.0 Å². The lowest BCUT2D eigenvalue weighted by Crippen LogP contribution is -2.08. The predicted octanol–water partition coefficient (Wildman–Crippen LogP) is 3.79. The third-order valence-electron chi connectivity index (χ3n) is 3.23. The summed E-state index contributed by atoms with van der Waals surface area (Å²) in [6.45, 7) is 4.00. The molecule has 0 aliphatic rings. The van der Waals surface area contributed by atoms with Crippen LogP contribution in [0.1, 0.15) is 25.0 Å². The molecule has 0 fully saturated rings. The van der Waals surface area contributed by atoms with Crippen LogP contribution in [-0.2, 0) is 11.4 Å². The maximum atomic E-state index is 11.9. The quantitative estimate of drug-likeness (QED) is 0.601. The molecule has 2 rings (SSSR count). The van der Waals surface area contributed by atoms with Crippen LogP contribution in [0.5, 0.6) is 5.75 Å². The van der Waals surface area contributed by atoms with E-state index in [1.54, 1.807) is 32.3 Å². The molecule has 2 aromatic rings. The van der Waals surface area contributed by atoms with Crippen molar-refractivity contribution < 1.29 is 9.53 Å². The molecule has 0 N–H and O–H groups in total. The zero-order valence-corrected chi connectivity index (χ0v) is 13.2. The fourth-order valence-corrected chi connectivity index (χ4v) is 1.95. The average molecular weight is 306 g/mol. The van der Waals surface area contributed by atoms with Crippen molar-refractivity contribution in [2.75, 3.05) is 0 Å². The first kappa shape index (κ1) is 16.4. The van der Waals surface area contributed by atoms with Gasteiger partial charge in [-0.2, -0.15) is 5.26 Å². The summed E-state index contributed by atoms with van der Waals surface area (Å²) >= 11 is 0. The number of nitriles is 1. The van der Waals surface area contributed by atoms with E-state index in [1.807, 2.05) is 42.5 Å². The Bertz CT molecular complexity index is 726. The number of benzene rings is 1. The van der Waals surface area contributed by atoms with Gasteiger partial charge in [-0.15, -0.1) is 0 Å². The number of carbonyl (C=O) groups excluding carboxylic acids is 1. The van der Waals surface area contributed by atoms with Gasteiger partial charge in [0, 0.05) is 23.9 Å². The third-order valence-corrected chi connectivity index (χ3v) is 3.23. The van der Waals surface area contributed by atoms with E-state index in [2.05, 4.69) is 4.98 Å². The van der Waals surface area contributed by atoms with Gasteiger partial charge in [-0.3, -0.25) is 9.78 Å². The minimum Gasteiger partial charge on any atom is -0.489 e. The van der Waals surface area contributed by atoms with Crippen molar-refractivity contribution in [3.05, 3.63) is 65.5 Å². The molecule has 4 nitrogen and oxygen atoms in total. The number of carbonyl (C=O) groups is 1. The summed E-state index contributed by atoms with van der Waals surface area (Å²) in [5, 5.41) is 9.10. The minimum atomic E-state index is -0.192. The van der Waals surface area contributed by atoms with Crippen molar-refractivity contribution in [2.45, 2.75) is 20.5 Å². The van der Waals surface area contributed by atoms with E-state index in [0.717, 1.165) is 16.9 Å². The molecular formula is C19H18N2O2. The Hall–Kier alpha value is -2.93. The van der Waals surface area contributed by atoms with Crippen LogP contribution >= 0.6 is 0 Å². The first-order valence-corrected chi connectivity index (χ1v) is 7.38. The molecule has 116 valence electrons. The third kappa shape index (κ3) is 4.79. The second-order valence-corrected chi connectivity index (χ2v) is 5.41. The molecule has 1 aromatic heterocycles. The highest BCUT2D eigenvalue weighted by molar-refractivity contribution is 6.04. The lowest BCUT2D eigenvalue weighted by Gasteiger charge is -2.06. The van der Waals surface area contributed by atoms with Gasteiger partial charge in [0.05, 0.1) is 5.57 Å². The van der Waals surface area contributed by atoms with E-state index in [9.17, 15) is 4.79 Å². The van der Waals surface area contributed by atoms with Crippen LogP contribution in [0.3, 0.4) is 0 Å². The molecule has 1 heterocycles. The van der Waals surface area contributed by atoms with Gasteiger partial charge in [0.1, 0.15) is 18.4 Å². The molecule has 0 radical (unpaired) electrons. The molecule has 4 heteroatoms. The zero-order valence-electron chi connectivity index (χ0n) is 13.2. The Morgan fingerprint density at radius 3 is 2.61 bits per heavy atom. The van der Waals surface area contributed by atoms with Gasteiger partial charge in [0.2, 0.25) is 0 Å². The summed E-state index contributed by atoms with van der Waals surface area (Å²) in [4.78, 5) is 15.9. The van der Waals surface area contributed by atoms with E-state index < -0.39 is 0 Å². The number of Topliss-reactive ketones (excluding diaryl/α,β-unsaturated/α-hetero) is 1. The molecule has 0 amide bonds. The van der Waals surface area contributed by atoms with E-state index in [1.165, 1.54) is 0 Å². The highest BCUT2D eigenvalue weighted by atomic mass is 16.5. The number of aromatic nitrogens is 1. The number of nitrogens with zero attached hydrogens (tertiary/aromatic N) is 2. The van der Waals surface area contributed by atoms with Crippen molar-refractivity contribution in [1.29, 1.82) is 5.26 Å². The van der Waals surface area contributed by atoms with Crippen LogP contribution in [0.15, 0.2) is 54.4 Å². The van der Waals surface area contributed by atoms with Gasteiger partial charge in [0.15, 0.2) is 5.78 Å². The Morgan fingerprint density at radius 2 is 2.04 bits per heavy atom. The molecule has 0 bridgehead atoms. The van der Waals surface area contributed by atoms with Crippen LogP contribution in [-0.4, -0.2) is 10.8 Å². The largest absolute Gasteiger partial charge is 0.489 e. The summed E-state index contributed by atoms with van der Waals surface area (Å²) in [5.74, 6) is 0.382. The molecule has 1 aromatic carbocycles. The van der Waals surface area contributed by atoms with Crippen LogP contribution in [0.4, 0.5) is 0 Å². The second kappa shape index (κ2) is 7.90. The number of ether oxygens (including phenoxy) is 1. The van der Waals surface area contributed by atoms with Gasteiger partial charge >= 0.3 is 0 Å². The summed E-state index contributed by atoms with van der Waals surface area (Å²) < 4.78 is 5.67. The van der Waals surface area contributed by atoms with E-state index in [4.69, 9.17) is 10.00 Å². The monoisotopic (exact) mass is 306 g/mol. The number of rotatable bonds is 6. The highest BCUT2D eigenvalue weighted by Crippen LogP contribution is 2.17. The maximum Gasteiger partial charge on any atom is 0.175 e. The van der Waals surface area contributed by atoms with Gasteiger partial charge in [-0.1, -0.05) is 32.0 Å². The fraction of sp³-hybridized carbons (Fsp3) is 0.211. The minimum absolute atomic E-state index is 0.149. The van der Waals surface area contributed by atoms with Crippen molar-refractivity contribution in [3.63, 3.8) is 0 Å². The first-order valence-electron chi connectivity index (χ1n) is 7.38. The molecule has 0 aliphatic carbocycles. The van der Waals surface area contributed by atoms with Crippen molar-refractivity contribution in [3.8, 4) is 11.8 Å². The van der Waals surface area contributed by atoms with Crippen LogP contribution < -0.4 is 4.74 Å². The maximum absolute atomic E-state index is 11.9. The van der Waals surface area contributed by atoms with Crippen LogP contribution in [0.2, 0.25) is 0 Å². The van der Waals surface area contributed by atoms with E-state index in [-0.39, 0.29) is 17.3 Å². The molecule has 0 atom stereocenters. The number of pyridine rings is 1. The smallest absolute Gasteiger partial charge is 0.175 e. The second-order valence-electron chi connectivity index (χ2n) is 5.41. The van der Waals surface area contributed by atoms with Gasteiger partial charge in [-0.25, -0.2) is 0 Å². The summed E-state index contributed by atoms with van der Waals surface area (Å²) in [6, 6.07) is 13.1. The fourth-order valence-electron chi connectivity index (χ4n) is 1.95. The zero-order chi connectivity index (χ0) is 16.7. The van der Waals surface area contributed by atoms with Gasteiger partial charge < -0.3 is 4.74 Å². The Balaban J connectivity index is 2.04. The Morgan fingerprint density at radius 1 is 1.30 bits per heavy atom. The Kier molecular flexibility index (Phi) is 5.65. The van der Waals surface area contributed by atoms with Crippen LogP contribution in [0.25, 0.3) is 6.08 Å². The highest BCUT2D eigenvalue weighted by Gasteiger charge is 2.13. The molecule has 0 saturated carbocycles. The van der Waals surface area contributed by atoms with Crippen molar-refractivity contribution in [1.82, 2.24) is 4.98 Å². The molecule has 23 heavy (non-hydrogen) atoms. The van der Waals surface area contributed by atoms with Gasteiger partial charge in [0.25, 0.3) is 0 Å². The lowest BCUT2D eigenvalue weighted by molar-refractivity contribution is -0.117. The van der Waals surface area contributed by atoms with E-state index in [0.29, 0.717) is 6.61 Å². The number of allylic oxidation sites excluding steroid dienone is 1. The number of hydrogen-bond acceptors (Lipinski definition) is 4. The summed E-state index contributed by atoms with van der Waals surface area (Å²) in [5.41, 5.74) is 1.96. The molecule has 0 aliphatic heterocycles. The first-order chi connectivity index (χ1) is 11.1. The van der Waals surface area contributed by atoms with Gasteiger partial charge in [-0.05, 0) is 29.8 Å². The number of hydrogen-bond donors (Lipinski definition) is 0. The predicted molar refractivity (Wildman–Crippen MR) is 88.4 cm³/mol. The van der Waals surface area contributed by atoms with Crippen molar-refractivity contribution >= 4 is 11.9 Å². The molecule has 0 spiro atoms. The lowest BCUT2D eigenvalue weighted by atomic mass is 10.00. The molecule has 0 saturated heterocycles.